The molecule has 1 rings (SSSR count). The second-order valence-corrected chi connectivity index (χ2v) is 4.75. The molecule has 0 aromatic heterocycles. The summed E-state index contributed by atoms with van der Waals surface area (Å²) in [5, 5.41) is 2.44. The van der Waals surface area contributed by atoms with E-state index in [4.69, 9.17) is 20.9 Å². The molecule has 0 aliphatic heterocycles. The Hall–Kier alpha value is -2.61. The molecule has 0 saturated carbocycles. The zero-order valence-corrected chi connectivity index (χ0v) is 12.9. The van der Waals surface area contributed by atoms with Gasteiger partial charge in [0.1, 0.15) is 11.8 Å². The summed E-state index contributed by atoms with van der Waals surface area (Å²) in [4.78, 5) is 34.6. The molecule has 0 aliphatic rings. The lowest BCUT2D eigenvalue weighted by Gasteiger charge is -2.14. The van der Waals surface area contributed by atoms with Crippen LogP contribution in [0.3, 0.4) is 0 Å². The van der Waals surface area contributed by atoms with E-state index in [0.29, 0.717) is 13.0 Å². The van der Waals surface area contributed by atoms with Gasteiger partial charge in [0.25, 0.3) is 11.8 Å². The van der Waals surface area contributed by atoms with Gasteiger partial charge in [-0.15, -0.1) is 0 Å². The Kier molecular flexibility index (Phi) is 7.55. The van der Waals surface area contributed by atoms with Crippen molar-refractivity contribution >= 4 is 17.8 Å². The predicted molar refractivity (Wildman–Crippen MR) is 82.7 cm³/mol. The molecule has 0 saturated heterocycles. The van der Waals surface area contributed by atoms with Crippen LogP contribution in [0.1, 0.15) is 23.7 Å². The number of amides is 2. The van der Waals surface area contributed by atoms with Gasteiger partial charge in [-0.2, -0.15) is 0 Å². The zero-order valence-electron chi connectivity index (χ0n) is 12.9. The van der Waals surface area contributed by atoms with Crippen molar-refractivity contribution in [1.29, 1.82) is 0 Å². The summed E-state index contributed by atoms with van der Waals surface area (Å²) in [5.74, 6) is -1.52. The Morgan fingerprint density at radius 1 is 1.26 bits per heavy atom. The minimum absolute atomic E-state index is 0.176. The normalized spacial score (nSPS) is 11.4. The van der Waals surface area contributed by atoms with Crippen LogP contribution in [0.4, 0.5) is 0 Å². The topological polar surface area (TPSA) is 134 Å². The van der Waals surface area contributed by atoms with Crippen molar-refractivity contribution in [1.82, 2.24) is 5.32 Å². The van der Waals surface area contributed by atoms with Crippen LogP contribution in [-0.4, -0.2) is 43.6 Å². The standard InChI is InChI=1S/C15H21N3O5/c1-10(15(21)22-8-4-7-16)18-13(19)9-23-12-6-3-2-5-11(12)14(17)20/h2-3,5-6,10H,4,7-9,16H2,1H3,(H2,17,20)(H,18,19)/t10-/m0/s1. The number of primary amides is 1. The van der Waals surface area contributed by atoms with E-state index in [1.165, 1.54) is 19.1 Å². The van der Waals surface area contributed by atoms with Gasteiger partial charge in [0, 0.05) is 0 Å². The molecular weight excluding hydrogens is 302 g/mol. The van der Waals surface area contributed by atoms with Gasteiger partial charge in [0.05, 0.1) is 12.2 Å². The maximum Gasteiger partial charge on any atom is 0.328 e. The van der Waals surface area contributed by atoms with Crippen LogP contribution >= 0.6 is 0 Å². The summed E-state index contributed by atoms with van der Waals surface area (Å²) in [6, 6.07) is 5.49. The summed E-state index contributed by atoms with van der Waals surface area (Å²) in [5.41, 5.74) is 10.7. The lowest BCUT2D eigenvalue weighted by atomic mass is 10.2. The van der Waals surface area contributed by atoms with Crippen LogP contribution in [-0.2, 0) is 14.3 Å². The second kappa shape index (κ2) is 9.42. The van der Waals surface area contributed by atoms with Crippen LogP contribution < -0.4 is 21.5 Å². The quantitative estimate of drug-likeness (QED) is 0.417. The minimum atomic E-state index is -0.810. The molecular formula is C15H21N3O5. The molecule has 0 bridgehead atoms. The monoisotopic (exact) mass is 323 g/mol. The molecule has 0 radical (unpaired) electrons. The van der Waals surface area contributed by atoms with Crippen molar-refractivity contribution < 1.29 is 23.9 Å². The van der Waals surface area contributed by atoms with Crippen molar-refractivity contribution in [2.24, 2.45) is 11.5 Å². The fourth-order valence-corrected chi connectivity index (χ4v) is 1.66. The Bertz CT molecular complexity index is 562. The van der Waals surface area contributed by atoms with Gasteiger partial charge in [0.2, 0.25) is 0 Å². The smallest absolute Gasteiger partial charge is 0.328 e. The number of benzene rings is 1. The summed E-state index contributed by atoms with van der Waals surface area (Å²) < 4.78 is 10.2. The van der Waals surface area contributed by atoms with Gasteiger partial charge in [-0.3, -0.25) is 9.59 Å². The first-order valence-corrected chi connectivity index (χ1v) is 7.13. The molecule has 126 valence electrons. The predicted octanol–water partition coefficient (Wildman–Crippen LogP) is -0.439. The first-order chi connectivity index (χ1) is 11.0. The Morgan fingerprint density at radius 2 is 1.96 bits per heavy atom. The summed E-state index contributed by atoms with van der Waals surface area (Å²) >= 11 is 0. The minimum Gasteiger partial charge on any atom is -0.483 e. The van der Waals surface area contributed by atoms with Crippen LogP contribution in [0, 0.1) is 0 Å². The average molecular weight is 323 g/mol. The van der Waals surface area contributed by atoms with Gasteiger partial charge in [-0.25, -0.2) is 4.79 Å². The number of carbonyl (C=O) groups is 3. The number of esters is 1. The molecule has 23 heavy (non-hydrogen) atoms. The maximum atomic E-state index is 11.8. The van der Waals surface area contributed by atoms with E-state index in [0.717, 1.165) is 0 Å². The molecule has 0 spiro atoms. The number of nitrogens with two attached hydrogens (primary N) is 2. The van der Waals surface area contributed by atoms with Crippen LogP contribution in [0.25, 0.3) is 0 Å². The third-order valence-electron chi connectivity index (χ3n) is 2.84. The molecule has 5 N–H and O–H groups in total. The van der Waals surface area contributed by atoms with Gasteiger partial charge in [-0.05, 0) is 32.0 Å². The maximum absolute atomic E-state index is 11.8. The number of hydrogen-bond acceptors (Lipinski definition) is 6. The highest BCUT2D eigenvalue weighted by atomic mass is 16.5. The van der Waals surface area contributed by atoms with Crippen molar-refractivity contribution in [2.75, 3.05) is 19.8 Å². The largest absolute Gasteiger partial charge is 0.483 e. The van der Waals surface area contributed by atoms with Gasteiger partial charge in [-0.1, -0.05) is 12.1 Å². The van der Waals surface area contributed by atoms with Crippen molar-refractivity contribution in [3.05, 3.63) is 29.8 Å². The molecule has 0 heterocycles. The third kappa shape index (κ3) is 6.35. The van der Waals surface area contributed by atoms with E-state index < -0.39 is 23.8 Å². The van der Waals surface area contributed by atoms with E-state index in [9.17, 15) is 14.4 Å². The molecule has 1 aromatic rings. The first kappa shape index (κ1) is 18.4. The van der Waals surface area contributed by atoms with Gasteiger partial charge < -0.3 is 26.3 Å². The number of ether oxygens (including phenoxy) is 2. The fourth-order valence-electron chi connectivity index (χ4n) is 1.66. The zero-order chi connectivity index (χ0) is 17.2. The molecule has 0 fully saturated rings. The molecule has 0 aliphatic carbocycles. The molecule has 1 aromatic carbocycles. The Balaban J connectivity index is 2.45. The van der Waals surface area contributed by atoms with E-state index in [2.05, 4.69) is 5.32 Å². The van der Waals surface area contributed by atoms with E-state index in [1.807, 2.05) is 0 Å². The average Bonchev–Trinajstić information content (AvgIpc) is 2.53. The van der Waals surface area contributed by atoms with Crippen LogP contribution in [0.5, 0.6) is 5.75 Å². The van der Waals surface area contributed by atoms with E-state index in [-0.39, 0.29) is 24.5 Å². The Morgan fingerprint density at radius 3 is 2.61 bits per heavy atom. The Labute approximate surface area is 134 Å². The molecule has 2 amide bonds. The highest BCUT2D eigenvalue weighted by molar-refractivity contribution is 5.95. The summed E-state index contributed by atoms with van der Waals surface area (Å²) in [6.45, 7) is 1.77. The summed E-state index contributed by atoms with van der Waals surface area (Å²) in [6.07, 6.45) is 0.555. The van der Waals surface area contributed by atoms with Gasteiger partial charge >= 0.3 is 5.97 Å². The number of nitrogens with one attached hydrogen (secondary N) is 1. The number of para-hydroxylation sites is 1. The van der Waals surface area contributed by atoms with Crippen molar-refractivity contribution in [3.63, 3.8) is 0 Å². The number of rotatable bonds is 9. The number of hydrogen-bond donors (Lipinski definition) is 3. The van der Waals surface area contributed by atoms with Gasteiger partial charge in [0.15, 0.2) is 6.61 Å². The van der Waals surface area contributed by atoms with E-state index in [1.54, 1.807) is 12.1 Å². The highest BCUT2D eigenvalue weighted by Gasteiger charge is 2.17. The molecule has 8 nitrogen and oxygen atoms in total. The first-order valence-electron chi connectivity index (χ1n) is 7.13. The lowest BCUT2D eigenvalue weighted by molar-refractivity contribution is -0.147. The highest BCUT2D eigenvalue weighted by Crippen LogP contribution is 2.16. The van der Waals surface area contributed by atoms with Crippen LogP contribution in [0.15, 0.2) is 24.3 Å². The second-order valence-electron chi connectivity index (χ2n) is 4.75. The van der Waals surface area contributed by atoms with Crippen molar-refractivity contribution in [3.8, 4) is 5.75 Å². The SMILES string of the molecule is C[C@H](NC(=O)COc1ccccc1C(N)=O)C(=O)OCCCN. The lowest BCUT2D eigenvalue weighted by Crippen LogP contribution is -2.42. The fraction of sp³-hybridized carbons (Fsp3) is 0.400. The third-order valence-corrected chi connectivity index (χ3v) is 2.84. The molecule has 0 unspecified atom stereocenters. The number of carbonyl (C=O) groups excluding carboxylic acids is 3. The molecule has 1 atom stereocenters. The summed E-state index contributed by atoms with van der Waals surface area (Å²) in [7, 11) is 0. The van der Waals surface area contributed by atoms with Crippen molar-refractivity contribution in [2.45, 2.75) is 19.4 Å². The van der Waals surface area contributed by atoms with E-state index >= 15 is 0 Å². The molecule has 8 heteroatoms. The van der Waals surface area contributed by atoms with Crippen LogP contribution in [0.2, 0.25) is 0 Å².